The molecule has 3 aromatic rings. The van der Waals surface area contributed by atoms with E-state index in [9.17, 15) is 19.7 Å². The third kappa shape index (κ3) is 6.09. The summed E-state index contributed by atoms with van der Waals surface area (Å²) in [6, 6.07) is 9.99. The van der Waals surface area contributed by atoms with Crippen molar-refractivity contribution in [1.29, 1.82) is 0 Å². The minimum atomic E-state index is -0.696. The first-order valence-corrected chi connectivity index (χ1v) is 9.54. The number of anilines is 1. The Morgan fingerprint density at radius 2 is 1.97 bits per heavy atom. The number of carbonyl (C=O) groups is 2. The smallest absolute Gasteiger partial charge is 0.338 e. The molecule has 0 fully saturated rings. The molecule has 0 saturated carbocycles. The molecule has 31 heavy (non-hydrogen) atoms. The molecule has 0 spiro atoms. The highest BCUT2D eigenvalue weighted by Crippen LogP contribution is 2.27. The first-order valence-electron chi connectivity index (χ1n) is 8.75. The minimum Gasteiger partial charge on any atom is -0.485 e. The summed E-state index contributed by atoms with van der Waals surface area (Å²) < 4.78 is 15.6. The Morgan fingerprint density at radius 3 is 2.58 bits per heavy atom. The summed E-state index contributed by atoms with van der Waals surface area (Å²) in [6.45, 7) is 1.25. The van der Waals surface area contributed by atoms with Crippen molar-refractivity contribution in [2.45, 2.75) is 13.5 Å². The van der Waals surface area contributed by atoms with E-state index in [1.54, 1.807) is 19.1 Å². The predicted octanol–water partition coefficient (Wildman–Crippen LogP) is 3.42. The molecule has 0 atom stereocenters. The number of amides is 1. The Labute approximate surface area is 183 Å². The van der Waals surface area contributed by atoms with Crippen LogP contribution in [0.15, 0.2) is 51.5 Å². The normalized spacial score (nSPS) is 10.4. The van der Waals surface area contributed by atoms with E-state index in [1.807, 2.05) is 0 Å². The molecular formula is C19H15BrN4O7. The summed E-state index contributed by atoms with van der Waals surface area (Å²) in [5.74, 6) is 0.0182. The summed E-state index contributed by atoms with van der Waals surface area (Å²) in [4.78, 5) is 38.3. The SMILES string of the molecule is Cc1nc(COc2ccc(C(=O)OCC(=O)Nc3ccc([N+](=O)[O-])cc3Br)cc2)no1. The van der Waals surface area contributed by atoms with Gasteiger partial charge < -0.3 is 19.3 Å². The second-order valence-electron chi connectivity index (χ2n) is 6.09. The third-order valence-corrected chi connectivity index (χ3v) is 4.46. The summed E-state index contributed by atoms with van der Waals surface area (Å²) in [5, 5.41) is 17.0. The van der Waals surface area contributed by atoms with Gasteiger partial charge in [0.15, 0.2) is 13.2 Å². The molecule has 0 unspecified atom stereocenters. The maximum Gasteiger partial charge on any atom is 0.338 e. The number of rotatable bonds is 8. The van der Waals surface area contributed by atoms with Gasteiger partial charge in [-0.2, -0.15) is 4.98 Å². The molecule has 160 valence electrons. The Morgan fingerprint density at radius 1 is 1.23 bits per heavy atom. The Kier molecular flexibility index (Phi) is 6.92. The third-order valence-electron chi connectivity index (χ3n) is 3.80. The molecule has 0 aliphatic heterocycles. The van der Waals surface area contributed by atoms with Crippen molar-refractivity contribution >= 4 is 39.2 Å². The van der Waals surface area contributed by atoms with Crippen LogP contribution < -0.4 is 10.1 Å². The van der Waals surface area contributed by atoms with Crippen LogP contribution in [-0.4, -0.2) is 33.5 Å². The monoisotopic (exact) mass is 490 g/mol. The van der Waals surface area contributed by atoms with Crippen LogP contribution in [0.3, 0.4) is 0 Å². The topological polar surface area (TPSA) is 147 Å². The molecule has 0 bridgehead atoms. The number of non-ortho nitro benzene ring substituents is 1. The first kappa shape index (κ1) is 21.9. The van der Waals surface area contributed by atoms with Gasteiger partial charge in [0.1, 0.15) is 5.75 Å². The fourth-order valence-electron chi connectivity index (χ4n) is 2.35. The second-order valence-corrected chi connectivity index (χ2v) is 6.94. The number of nitro groups is 1. The number of halogens is 1. The van der Waals surface area contributed by atoms with E-state index in [1.165, 1.54) is 30.3 Å². The van der Waals surface area contributed by atoms with Crippen molar-refractivity contribution in [2.75, 3.05) is 11.9 Å². The summed E-state index contributed by atoms with van der Waals surface area (Å²) in [7, 11) is 0. The molecule has 3 rings (SSSR count). The maximum atomic E-state index is 12.1. The number of esters is 1. The van der Waals surface area contributed by atoms with Gasteiger partial charge >= 0.3 is 5.97 Å². The van der Waals surface area contributed by atoms with Gasteiger partial charge in [0.05, 0.1) is 16.2 Å². The molecule has 1 aromatic heterocycles. The molecule has 12 heteroatoms. The van der Waals surface area contributed by atoms with Gasteiger partial charge in [-0.1, -0.05) is 5.16 Å². The second kappa shape index (κ2) is 9.80. The van der Waals surface area contributed by atoms with Crippen LogP contribution in [0.5, 0.6) is 5.75 Å². The molecule has 0 radical (unpaired) electrons. The van der Waals surface area contributed by atoms with Gasteiger partial charge in [-0.05, 0) is 46.3 Å². The van der Waals surface area contributed by atoms with Crippen LogP contribution in [-0.2, 0) is 16.1 Å². The van der Waals surface area contributed by atoms with E-state index in [2.05, 4.69) is 31.4 Å². The lowest BCUT2D eigenvalue weighted by Gasteiger charge is -2.09. The van der Waals surface area contributed by atoms with E-state index in [0.717, 1.165) is 0 Å². The summed E-state index contributed by atoms with van der Waals surface area (Å²) >= 11 is 3.14. The fraction of sp³-hybridized carbons (Fsp3) is 0.158. The Hall–Kier alpha value is -3.80. The zero-order valence-electron chi connectivity index (χ0n) is 16.0. The van der Waals surface area contributed by atoms with Crippen molar-refractivity contribution < 1.29 is 28.5 Å². The minimum absolute atomic E-state index is 0.111. The first-order chi connectivity index (χ1) is 14.8. The van der Waals surface area contributed by atoms with E-state index in [-0.39, 0.29) is 17.9 Å². The largest absolute Gasteiger partial charge is 0.485 e. The van der Waals surface area contributed by atoms with Crippen molar-refractivity contribution in [1.82, 2.24) is 10.1 Å². The average molecular weight is 491 g/mol. The van der Waals surface area contributed by atoms with Gasteiger partial charge in [0.2, 0.25) is 11.7 Å². The highest BCUT2D eigenvalue weighted by molar-refractivity contribution is 9.10. The molecule has 2 aromatic carbocycles. The zero-order valence-corrected chi connectivity index (χ0v) is 17.6. The fourth-order valence-corrected chi connectivity index (χ4v) is 2.82. The van der Waals surface area contributed by atoms with Crippen molar-refractivity contribution in [3.05, 3.63) is 74.3 Å². The van der Waals surface area contributed by atoms with Crippen LogP contribution in [0.2, 0.25) is 0 Å². The number of carbonyl (C=O) groups excluding carboxylic acids is 2. The number of hydrogen-bond acceptors (Lipinski definition) is 9. The number of aryl methyl sites for hydroxylation is 1. The molecule has 1 amide bonds. The van der Waals surface area contributed by atoms with Crippen LogP contribution in [0, 0.1) is 17.0 Å². The average Bonchev–Trinajstić information content (AvgIpc) is 3.17. The van der Waals surface area contributed by atoms with Crippen LogP contribution >= 0.6 is 15.9 Å². The number of aromatic nitrogens is 2. The van der Waals surface area contributed by atoms with E-state index < -0.39 is 23.4 Å². The van der Waals surface area contributed by atoms with Gasteiger partial charge in [-0.3, -0.25) is 14.9 Å². The quantitative estimate of drug-likeness (QED) is 0.284. The maximum absolute atomic E-state index is 12.1. The van der Waals surface area contributed by atoms with Crippen LogP contribution in [0.1, 0.15) is 22.1 Å². The van der Waals surface area contributed by atoms with Crippen molar-refractivity contribution in [3.63, 3.8) is 0 Å². The molecule has 1 heterocycles. The van der Waals surface area contributed by atoms with Crippen molar-refractivity contribution in [3.8, 4) is 5.75 Å². The van der Waals surface area contributed by atoms with Gasteiger partial charge in [0, 0.05) is 23.5 Å². The number of hydrogen-bond donors (Lipinski definition) is 1. The number of ether oxygens (including phenoxy) is 2. The number of nitrogens with one attached hydrogen (secondary N) is 1. The highest BCUT2D eigenvalue weighted by Gasteiger charge is 2.14. The molecule has 0 aliphatic carbocycles. The lowest BCUT2D eigenvalue weighted by molar-refractivity contribution is -0.384. The van der Waals surface area contributed by atoms with E-state index in [4.69, 9.17) is 14.0 Å². The standard InChI is InChI=1S/C19H15BrN4O7/c1-11-21-17(23-31-11)9-29-14-5-2-12(3-6-14)19(26)30-10-18(25)22-16-7-4-13(24(27)28)8-15(16)20/h2-8H,9-10H2,1H3,(H,22,25). The van der Waals surface area contributed by atoms with Gasteiger partial charge in [-0.15, -0.1) is 0 Å². The molecule has 11 nitrogen and oxygen atoms in total. The predicted molar refractivity (Wildman–Crippen MR) is 110 cm³/mol. The highest BCUT2D eigenvalue weighted by atomic mass is 79.9. The van der Waals surface area contributed by atoms with Crippen LogP contribution in [0.25, 0.3) is 0 Å². The number of nitrogens with zero attached hydrogens (tertiary/aromatic N) is 3. The summed E-state index contributed by atoms with van der Waals surface area (Å²) in [5.41, 5.74) is 0.410. The lowest BCUT2D eigenvalue weighted by Crippen LogP contribution is -2.21. The summed E-state index contributed by atoms with van der Waals surface area (Å²) in [6.07, 6.45) is 0. The lowest BCUT2D eigenvalue weighted by atomic mass is 10.2. The van der Waals surface area contributed by atoms with Crippen LogP contribution in [0.4, 0.5) is 11.4 Å². The molecule has 1 N–H and O–H groups in total. The molecule has 0 saturated heterocycles. The molecular weight excluding hydrogens is 476 g/mol. The van der Waals surface area contributed by atoms with E-state index >= 15 is 0 Å². The van der Waals surface area contributed by atoms with Gasteiger partial charge in [0.25, 0.3) is 11.6 Å². The number of nitro benzene ring substituents is 1. The Balaban J connectivity index is 1.48. The zero-order chi connectivity index (χ0) is 22.4. The molecule has 0 aliphatic rings. The van der Waals surface area contributed by atoms with Gasteiger partial charge in [-0.25, -0.2) is 4.79 Å². The van der Waals surface area contributed by atoms with Crippen molar-refractivity contribution in [2.24, 2.45) is 0 Å². The Bertz CT molecular complexity index is 1110. The van der Waals surface area contributed by atoms with E-state index in [0.29, 0.717) is 27.6 Å². The number of benzene rings is 2.